The first kappa shape index (κ1) is 13.1. The molecule has 0 aromatic carbocycles. The zero-order valence-electron chi connectivity index (χ0n) is 9.62. The molecule has 0 heterocycles. The van der Waals surface area contributed by atoms with E-state index in [1.807, 2.05) is 0 Å². The van der Waals surface area contributed by atoms with Gasteiger partial charge in [-0.15, -0.1) is 0 Å². The Morgan fingerprint density at radius 1 is 1.36 bits per heavy atom. The molecule has 1 atom stereocenters. The molecule has 0 saturated heterocycles. The highest BCUT2D eigenvalue weighted by atomic mass is 16.2. The van der Waals surface area contributed by atoms with Crippen LogP contribution < -0.4 is 0 Å². The monoisotopic (exact) mass is 199 g/mol. The Hall–Kier alpha value is -0.860. The molecule has 0 N–H and O–H groups in total. The van der Waals surface area contributed by atoms with Gasteiger partial charge in [-0.3, -0.25) is 4.79 Å². The predicted octanol–water partition coefficient (Wildman–Crippen LogP) is 1.72. The van der Waals surface area contributed by atoms with Crippen LogP contribution in [0.15, 0.2) is 0 Å². The van der Waals surface area contributed by atoms with Crippen molar-refractivity contribution in [3.63, 3.8) is 0 Å². The summed E-state index contributed by atoms with van der Waals surface area (Å²) in [5.74, 6) is 0.503. The maximum absolute atomic E-state index is 11.5. The minimum atomic E-state index is -0.163. The van der Waals surface area contributed by atoms with Gasteiger partial charge in [0.1, 0.15) is 6.29 Å². The Labute approximate surface area is 86.5 Å². The largest absolute Gasteiger partial charge is 0.346 e. The Bertz CT molecular complexity index is 190. The van der Waals surface area contributed by atoms with E-state index in [9.17, 15) is 9.59 Å². The smallest absolute Gasteiger partial charge is 0.223 e. The lowest BCUT2D eigenvalue weighted by Gasteiger charge is -2.18. The van der Waals surface area contributed by atoms with Crippen LogP contribution in [-0.4, -0.2) is 30.7 Å². The summed E-state index contributed by atoms with van der Waals surface area (Å²) in [6.07, 6.45) is 2.17. The van der Waals surface area contributed by atoms with Gasteiger partial charge in [0.25, 0.3) is 0 Å². The molecule has 0 aromatic heterocycles. The summed E-state index contributed by atoms with van der Waals surface area (Å²) >= 11 is 0. The molecule has 0 saturated carbocycles. The number of carbonyl (C=O) groups is 2. The quantitative estimate of drug-likeness (QED) is 0.611. The minimum absolute atomic E-state index is 0.0604. The van der Waals surface area contributed by atoms with Crippen LogP contribution in [-0.2, 0) is 9.59 Å². The van der Waals surface area contributed by atoms with Crippen molar-refractivity contribution in [1.29, 1.82) is 0 Å². The van der Waals surface area contributed by atoms with Gasteiger partial charge in [-0.2, -0.15) is 0 Å². The molecule has 0 radical (unpaired) electrons. The second kappa shape index (κ2) is 6.57. The van der Waals surface area contributed by atoms with E-state index in [0.29, 0.717) is 12.3 Å². The summed E-state index contributed by atoms with van der Waals surface area (Å²) in [6.45, 7) is 6.81. The van der Waals surface area contributed by atoms with Crippen molar-refractivity contribution in [2.24, 2.45) is 11.8 Å². The summed E-state index contributed by atoms with van der Waals surface area (Å²) in [7, 11) is 1.79. The molecule has 0 spiro atoms. The standard InChI is InChI=1S/C11H21NO2/c1-9(2)5-6-12(4)11(14)7-10(3)8-13/h8-10H,5-7H2,1-4H3. The number of carbonyl (C=O) groups excluding carboxylic acids is 2. The number of hydrogen-bond acceptors (Lipinski definition) is 2. The number of rotatable bonds is 6. The minimum Gasteiger partial charge on any atom is -0.346 e. The van der Waals surface area contributed by atoms with Gasteiger partial charge >= 0.3 is 0 Å². The molecule has 0 aliphatic heterocycles. The Morgan fingerprint density at radius 2 is 1.93 bits per heavy atom. The first-order chi connectivity index (χ1) is 6.47. The highest BCUT2D eigenvalue weighted by Crippen LogP contribution is 2.05. The molecule has 0 bridgehead atoms. The fourth-order valence-corrected chi connectivity index (χ4v) is 1.06. The van der Waals surface area contributed by atoms with Crippen molar-refractivity contribution in [1.82, 2.24) is 4.90 Å². The Balaban J connectivity index is 3.81. The maximum Gasteiger partial charge on any atom is 0.223 e. The third kappa shape index (κ3) is 5.73. The molecule has 82 valence electrons. The number of nitrogens with zero attached hydrogens (tertiary/aromatic N) is 1. The van der Waals surface area contributed by atoms with Gasteiger partial charge in [0.15, 0.2) is 0 Å². The second-order valence-corrected chi connectivity index (χ2v) is 4.32. The number of hydrogen-bond donors (Lipinski definition) is 0. The highest BCUT2D eigenvalue weighted by Gasteiger charge is 2.12. The molecular weight excluding hydrogens is 178 g/mol. The zero-order valence-corrected chi connectivity index (χ0v) is 9.62. The van der Waals surface area contributed by atoms with E-state index in [2.05, 4.69) is 13.8 Å². The van der Waals surface area contributed by atoms with Gasteiger partial charge in [0.05, 0.1) is 0 Å². The average molecular weight is 199 g/mol. The first-order valence-corrected chi connectivity index (χ1v) is 5.16. The van der Waals surface area contributed by atoms with Crippen molar-refractivity contribution in [3.05, 3.63) is 0 Å². The van der Waals surface area contributed by atoms with E-state index in [0.717, 1.165) is 19.3 Å². The van der Waals surface area contributed by atoms with Crippen LogP contribution in [0.2, 0.25) is 0 Å². The molecule has 3 nitrogen and oxygen atoms in total. The van der Waals surface area contributed by atoms with Crippen LogP contribution in [0.3, 0.4) is 0 Å². The molecule has 1 amide bonds. The van der Waals surface area contributed by atoms with Gasteiger partial charge < -0.3 is 9.69 Å². The topological polar surface area (TPSA) is 37.4 Å². The van der Waals surface area contributed by atoms with Crippen molar-refractivity contribution < 1.29 is 9.59 Å². The Morgan fingerprint density at radius 3 is 2.36 bits per heavy atom. The SMILES string of the molecule is CC(C)CCN(C)C(=O)CC(C)C=O. The van der Waals surface area contributed by atoms with Gasteiger partial charge in [-0.1, -0.05) is 20.8 Å². The molecule has 14 heavy (non-hydrogen) atoms. The first-order valence-electron chi connectivity index (χ1n) is 5.16. The lowest BCUT2D eigenvalue weighted by atomic mass is 10.1. The summed E-state index contributed by atoms with van der Waals surface area (Å²) < 4.78 is 0. The predicted molar refractivity (Wildman–Crippen MR) is 56.9 cm³/mol. The van der Waals surface area contributed by atoms with E-state index in [-0.39, 0.29) is 11.8 Å². The van der Waals surface area contributed by atoms with E-state index in [1.54, 1.807) is 18.9 Å². The van der Waals surface area contributed by atoms with Gasteiger partial charge in [-0.25, -0.2) is 0 Å². The fraction of sp³-hybridized carbons (Fsp3) is 0.818. The Kier molecular flexibility index (Phi) is 6.17. The third-order valence-corrected chi connectivity index (χ3v) is 2.20. The number of amides is 1. The van der Waals surface area contributed by atoms with Crippen molar-refractivity contribution >= 4 is 12.2 Å². The van der Waals surface area contributed by atoms with Crippen molar-refractivity contribution in [2.45, 2.75) is 33.6 Å². The molecule has 0 aliphatic carbocycles. The van der Waals surface area contributed by atoms with Crippen molar-refractivity contribution in [2.75, 3.05) is 13.6 Å². The van der Waals surface area contributed by atoms with E-state index >= 15 is 0 Å². The molecule has 0 aromatic rings. The molecule has 0 rings (SSSR count). The third-order valence-electron chi connectivity index (χ3n) is 2.20. The van der Waals surface area contributed by atoms with Crippen LogP contribution in [0, 0.1) is 11.8 Å². The van der Waals surface area contributed by atoms with Gasteiger partial charge in [0, 0.05) is 25.9 Å². The summed E-state index contributed by atoms with van der Waals surface area (Å²) in [5, 5.41) is 0. The fourth-order valence-electron chi connectivity index (χ4n) is 1.06. The van der Waals surface area contributed by atoms with E-state index in [1.165, 1.54) is 0 Å². The molecular formula is C11H21NO2. The summed E-state index contributed by atoms with van der Waals surface area (Å²) in [5.41, 5.74) is 0. The van der Waals surface area contributed by atoms with Gasteiger partial charge in [-0.05, 0) is 12.3 Å². The average Bonchev–Trinajstić information content (AvgIpc) is 2.13. The second-order valence-electron chi connectivity index (χ2n) is 4.32. The maximum atomic E-state index is 11.5. The normalized spacial score (nSPS) is 12.6. The van der Waals surface area contributed by atoms with E-state index < -0.39 is 0 Å². The lowest BCUT2D eigenvalue weighted by Crippen LogP contribution is -2.29. The van der Waals surface area contributed by atoms with E-state index in [4.69, 9.17) is 0 Å². The zero-order chi connectivity index (χ0) is 11.1. The lowest BCUT2D eigenvalue weighted by molar-refractivity contribution is -0.132. The van der Waals surface area contributed by atoms with Gasteiger partial charge in [0.2, 0.25) is 5.91 Å². The van der Waals surface area contributed by atoms with Crippen LogP contribution in [0.1, 0.15) is 33.6 Å². The van der Waals surface area contributed by atoms with Crippen LogP contribution in [0.4, 0.5) is 0 Å². The van der Waals surface area contributed by atoms with Crippen molar-refractivity contribution in [3.8, 4) is 0 Å². The molecule has 0 aliphatic rings. The highest BCUT2D eigenvalue weighted by molar-refractivity contribution is 5.78. The van der Waals surface area contributed by atoms with Crippen LogP contribution >= 0.6 is 0 Å². The molecule has 3 heteroatoms. The van der Waals surface area contributed by atoms with Crippen LogP contribution in [0.25, 0.3) is 0 Å². The number of aldehydes is 1. The molecule has 0 fully saturated rings. The molecule has 1 unspecified atom stereocenters. The summed E-state index contributed by atoms with van der Waals surface area (Å²) in [6, 6.07) is 0. The summed E-state index contributed by atoms with van der Waals surface area (Å²) in [4.78, 5) is 23.6. The van der Waals surface area contributed by atoms with Crippen LogP contribution in [0.5, 0.6) is 0 Å².